The Morgan fingerprint density at radius 3 is 1.71 bits per heavy atom. The Kier molecular flexibility index (Phi) is 34.0. The summed E-state index contributed by atoms with van der Waals surface area (Å²) in [6.45, 7) is 11.3. The highest BCUT2D eigenvalue weighted by Gasteiger charge is 2.15. The van der Waals surface area contributed by atoms with Crippen LogP contribution in [0.25, 0.3) is 0 Å². The molecule has 0 atom stereocenters. The average Bonchev–Trinajstić information content (AvgIpc) is 3.13. The molecule has 0 spiro atoms. The van der Waals surface area contributed by atoms with Crippen molar-refractivity contribution in [3.8, 4) is 0 Å². The molecule has 1 rings (SSSR count). The van der Waals surface area contributed by atoms with E-state index >= 15 is 0 Å². The Labute approximate surface area is 317 Å². The summed E-state index contributed by atoms with van der Waals surface area (Å²) in [5, 5.41) is 0.112. The van der Waals surface area contributed by atoms with E-state index in [1.54, 1.807) is 0 Å². The van der Waals surface area contributed by atoms with Crippen LogP contribution in [0.3, 0.4) is 0 Å². The summed E-state index contributed by atoms with van der Waals surface area (Å²) in [7, 11) is 4.04. The molecule has 0 N–H and O–H groups in total. The Morgan fingerprint density at radius 1 is 0.627 bits per heavy atom. The predicted octanol–water partition coefficient (Wildman–Crippen LogP) is 11.3. The first-order valence-electron chi connectivity index (χ1n) is 20.1. The van der Waals surface area contributed by atoms with Crippen LogP contribution < -0.4 is 0 Å². The number of hydrogen-bond acceptors (Lipinski definition) is 7. The zero-order valence-electron chi connectivity index (χ0n) is 33.4. The third kappa shape index (κ3) is 30.7. The summed E-state index contributed by atoms with van der Waals surface area (Å²) in [6, 6.07) is 8.23. The summed E-state index contributed by atoms with van der Waals surface area (Å²) in [5.41, 5.74) is 2.17. The first-order valence-corrected chi connectivity index (χ1v) is 21.1. The van der Waals surface area contributed by atoms with Crippen LogP contribution in [-0.4, -0.2) is 73.1 Å². The average molecular weight is 731 g/mol. The third-order valence-corrected chi connectivity index (χ3v) is 9.20. The number of amides is 1. The number of allylic oxidation sites excluding steroid dienone is 2. The van der Waals surface area contributed by atoms with Crippen molar-refractivity contribution >= 4 is 28.9 Å². The van der Waals surface area contributed by atoms with Gasteiger partial charge in [-0.25, -0.2) is 0 Å². The highest BCUT2D eigenvalue weighted by atomic mass is 32.2. The number of nitrogens with zero attached hydrogens (tertiary/aromatic N) is 2. The smallest absolute Gasteiger partial charge is 0.306 e. The van der Waals surface area contributed by atoms with Crippen molar-refractivity contribution in [2.75, 3.05) is 46.2 Å². The molecule has 8 heteroatoms. The van der Waals surface area contributed by atoms with E-state index in [1.807, 2.05) is 45.0 Å². The van der Waals surface area contributed by atoms with E-state index in [0.717, 1.165) is 68.4 Å². The fourth-order valence-corrected chi connectivity index (χ4v) is 6.17. The van der Waals surface area contributed by atoms with Crippen LogP contribution in [-0.2, 0) is 32.0 Å². The number of esters is 2. The Bertz CT molecular complexity index is 1040. The second-order valence-corrected chi connectivity index (χ2v) is 14.2. The lowest BCUT2D eigenvalue weighted by atomic mass is 10.1. The van der Waals surface area contributed by atoms with Gasteiger partial charge in [0.05, 0.1) is 0 Å². The van der Waals surface area contributed by atoms with Crippen molar-refractivity contribution in [1.82, 2.24) is 9.80 Å². The third-order valence-electron chi connectivity index (χ3n) is 8.31. The number of carbonyl (C=O) groups is 3. The van der Waals surface area contributed by atoms with Crippen LogP contribution in [0, 0.1) is 0 Å². The number of rotatable bonds is 30. The van der Waals surface area contributed by atoms with Gasteiger partial charge in [-0.3, -0.25) is 14.4 Å². The molecule has 1 amide bonds. The predicted molar refractivity (Wildman–Crippen MR) is 218 cm³/mol. The molecule has 0 aliphatic rings. The maximum absolute atomic E-state index is 13.1. The molecule has 0 heterocycles. The van der Waals surface area contributed by atoms with E-state index in [9.17, 15) is 14.4 Å². The number of benzene rings is 1. The largest absolute Gasteiger partial charge is 0.461 e. The molecular weight excluding hydrogens is 657 g/mol. The van der Waals surface area contributed by atoms with Crippen molar-refractivity contribution < 1.29 is 23.9 Å². The molecule has 1 aromatic rings. The van der Waals surface area contributed by atoms with E-state index in [0.29, 0.717) is 45.6 Å². The molecule has 0 aliphatic heterocycles. The lowest BCUT2D eigenvalue weighted by molar-refractivity contribution is -0.143. The first kappa shape index (κ1) is 48.4. The van der Waals surface area contributed by atoms with Crippen LogP contribution in [0.15, 0.2) is 48.6 Å². The first-order chi connectivity index (χ1) is 24.8. The molecule has 0 fully saturated rings. The van der Waals surface area contributed by atoms with Crippen molar-refractivity contribution in [1.29, 1.82) is 0 Å². The molecule has 0 saturated heterocycles. The van der Waals surface area contributed by atoms with Gasteiger partial charge in [0.2, 0.25) is 0 Å². The number of aryl methyl sites for hydroxylation is 1. The Balaban J connectivity index is 0.0000123. The topological polar surface area (TPSA) is 76.1 Å². The molecule has 51 heavy (non-hydrogen) atoms. The maximum atomic E-state index is 13.1. The molecule has 292 valence electrons. The molecule has 7 nitrogen and oxygen atoms in total. The maximum Gasteiger partial charge on any atom is 0.306 e. The fourth-order valence-electron chi connectivity index (χ4n) is 5.20. The second kappa shape index (κ2) is 35.8. The van der Waals surface area contributed by atoms with E-state index < -0.39 is 0 Å². The summed E-state index contributed by atoms with van der Waals surface area (Å²) < 4.78 is 10.7. The van der Waals surface area contributed by atoms with E-state index in [4.69, 9.17) is 9.47 Å². The van der Waals surface area contributed by atoms with Gasteiger partial charge >= 0.3 is 11.9 Å². The van der Waals surface area contributed by atoms with Crippen molar-refractivity contribution in [2.45, 2.75) is 150 Å². The molecule has 0 bridgehead atoms. The van der Waals surface area contributed by atoms with Gasteiger partial charge in [0.15, 0.2) is 0 Å². The van der Waals surface area contributed by atoms with Crippen LogP contribution in [0.5, 0.6) is 0 Å². The molecule has 1 aromatic carbocycles. The fraction of sp³-hybridized carbons (Fsp3) is 0.698. The SMILES string of the molecule is CC.CCCCCC/C=C\COC(=O)CCCCCCCN(Cc1ccc(CCC(=O)OC/C=C\CCCCCC)cc1)C(=O)SCCN(C)C. The van der Waals surface area contributed by atoms with Crippen LogP contribution in [0.2, 0.25) is 0 Å². The van der Waals surface area contributed by atoms with Crippen LogP contribution >= 0.6 is 11.8 Å². The minimum atomic E-state index is -0.178. The molecule has 0 unspecified atom stereocenters. The van der Waals surface area contributed by atoms with E-state index in [2.05, 4.69) is 55.2 Å². The summed E-state index contributed by atoms with van der Waals surface area (Å²) in [5.74, 6) is 0.462. The highest BCUT2D eigenvalue weighted by Crippen LogP contribution is 2.17. The lowest BCUT2D eigenvalue weighted by Gasteiger charge is -2.23. The Morgan fingerprint density at radius 2 is 1.14 bits per heavy atom. The highest BCUT2D eigenvalue weighted by molar-refractivity contribution is 8.13. The zero-order chi connectivity index (χ0) is 37.8. The lowest BCUT2D eigenvalue weighted by Crippen LogP contribution is -2.29. The second-order valence-electron chi connectivity index (χ2n) is 13.2. The minimum absolute atomic E-state index is 0.112. The van der Waals surface area contributed by atoms with Crippen LogP contribution in [0.1, 0.15) is 148 Å². The standard InChI is InChI=1S/C41H68N2O5S.C2H6/c1-5-7-9-11-13-18-22-33-47-39(44)24-20-16-15-17-21-31-43(41(46)49-35-32-42(3)4)36-38-27-25-37(26-28-38)29-30-40(45)48-34-23-19-14-12-10-8-6-2;1-2/h18-19,22-23,25-28H,5-17,20-21,24,29-36H2,1-4H3;1-2H3/b22-18-,23-19-;. The number of hydrogen-bond donors (Lipinski definition) is 0. The monoisotopic (exact) mass is 731 g/mol. The summed E-state index contributed by atoms with van der Waals surface area (Å²) >= 11 is 1.38. The van der Waals surface area contributed by atoms with Gasteiger partial charge in [0.1, 0.15) is 13.2 Å². The van der Waals surface area contributed by atoms with Gasteiger partial charge in [-0.1, -0.05) is 146 Å². The summed E-state index contributed by atoms with van der Waals surface area (Å²) in [6.07, 6.45) is 26.4. The number of unbranched alkanes of at least 4 members (excludes halogenated alkanes) is 12. The minimum Gasteiger partial charge on any atom is -0.461 e. The van der Waals surface area contributed by atoms with Gasteiger partial charge < -0.3 is 19.3 Å². The number of carbonyl (C=O) groups excluding carboxylic acids is 3. The molecular formula is C43H74N2O5S. The van der Waals surface area contributed by atoms with Crippen molar-refractivity contribution in [3.63, 3.8) is 0 Å². The summed E-state index contributed by atoms with van der Waals surface area (Å²) in [4.78, 5) is 41.4. The molecule has 0 aliphatic carbocycles. The zero-order valence-corrected chi connectivity index (χ0v) is 34.2. The van der Waals surface area contributed by atoms with E-state index in [-0.39, 0.29) is 17.2 Å². The molecule has 0 radical (unpaired) electrons. The van der Waals surface area contributed by atoms with Gasteiger partial charge in [0.25, 0.3) is 5.24 Å². The van der Waals surface area contributed by atoms with Crippen molar-refractivity contribution in [3.05, 3.63) is 59.7 Å². The molecule has 0 aromatic heterocycles. The normalized spacial score (nSPS) is 11.2. The quantitative estimate of drug-likeness (QED) is 0.0443. The van der Waals surface area contributed by atoms with Gasteiger partial charge in [-0.15, -0.1) is 0 Å². The van der Waals surface area contributed by atoms with E-state index in [1.165, 1.54) is 63.1 Å². The number of thioether (sulfide) groups is 1. The van der Waals surface area contributed by atoms with Gasteiger partial charge in [-0.2, -0.15) is 0 Å². The number of ether oxygens (including phenoxy) is 2. The Hall–Kier alpha value is -2.58. The van der Waals surface area contributed by atoms with Crippen molar-refractivity contribution in [2.24, 2.45) is 0 Å². The van der Waals surface area contributed by atoms with Gasteiger partial charge in [0, 0.05) is 38.2 Å². The van der Waals surface area contributed by atoms with Crippen LogP contribution in [0.4, 0.5) is 4.79 Å². The molecule has 0 saturated carbocycles. The van der Waals surface area contributed by atoms with Gasteiger partial charge in [-0.05, 0) is 70.2 Å².